The summed E-state index contributed by atoms with van der Waals surface area (Å²) < 4.78 is 5.79. The number of aromatic nitrogens is 2. The van der Waals surface area contributed by atoms with E-state index in [-0.39, 0.29) is 11.7 Å². The van der Waals surface area contributed by atoms with Crippen LogP contribution in [0, 0.1) is 19.8 Å². The molecule has 146 valence electrons. The average Bonchev–Trinajstić information content (AvgIpc) is 3.28. The van der Waals surface area contributed by atoms with Gasteiger partial charge in [0, 0.05) is 10.6 Å². The molecule has 1 atom stereocenters. The molecule has 4 rings (SSSR count). The number of hydrogen-bond donors (Lipinski definition) is 1. The lowest BCUT2D eigenvalue weighted by Crippen LogP contribution is -2.14. The molecule has 0 spiro atoms. The van der Waals surface area contributed by atoms with Crippen molar-refractivity contribution in [1.29, 1.82) is 0 Å². The molecule has 0 aliphatic heterocycles. The Labute approximate surface area is 173 Å². The van der Waals surface area contributed by atoms with Crippen LogP contribution in [0.15, 0.2) is 33.9 Å². The van der Waals surface area contributed by atoms with E-state index in [2.05, 4.69) is 34.6 Å². The van der Waals surface area contributed by atoms with Crippen molar-refractivity contribution in [2.24, 2.45) is 5.92 Å². The minimum Gasteiger partial charge on any atom is -0.410 e. The fraction of sp³-hybridized carbons (Fsp3) is 0.381. The summed E-state index contributed by atoms with van der Waals surface area (Å²) in [7, 11) is 0. The van der Waals surface area contributed by atoms with Gasteiger partial charge in [-0.1, -0.05) is 36.4 Å². The standard InChI is InChI=1S/C21H23N3O2S2/c1-12-4-6-16(14(3)8-12)22-19(25)11-27-21-24-23-20(26-21)18-10-15-9-13(2)5-7-17(15)28-18/h4,6,8,10,13H,5,7,9,11H2,1-3H3,(H,22,25)/t13-/m1/s1. The van der Waals surface area contributed by atoms with Crippen molar-refractivity contribution in [3.63, 3.8) is 0 Å². The van der Waals surface area contributed by atoms with Gasteiger partial charge in [-0.25, -0.2) is 0 Å². The van der Waals surface area contributed by atoms with Gasteiger partial charge in [0.1, 0.15) is 0 Å². The molecule has 0 radical (unpaired) electrons. The normalized spacial score (nSPS) is 16.0. The van der Waals surface area contributed by atoms with Crippen molar-refractivity contribution in [3.8, 4) is 10.8 Å². The quantitative estimate of drug-likeness (QED) is 0.577. The third-order valence-corrected chi connectivity index (χ3v) is 6.97. The molecule has 0 saturated heterocycles. The van der Waals surface area contributed by atoms with Crippen LogP contribution in [0.25, 0.3) is 10.8 Å². The topological polar surface area (TPSA) is 68.0 Å². The first-order valence-electron chi connectivity index (χ1n) is 9.43. The number of carbonyl (C=O) groups is 1. The number of amides is 1. The van der Waals surface area contributed by atoms with E-state index in [1.165, 1.54) is 34.2 Å². The summed E-state index contributed by atoms with van der Waals surface area (Å²) >= 11 is 3.01. The molecule has 3 aromatic rings. The lowest BCUT2D eigenvalue weighted by molar-refractivity contribution is -0.113. The van der Waals surface area contributed by atoms with Gasteiger partial charge in [-0.2, -0.15) is 0 Å². The van der Waals surface area contributed by atoms with Crippen LogP contribution in [0.3, 0.4) is 0 Å². The smallest absolute Gasteiger partial charge is 0.277 e. The summed E-state index contributed by atoms with van der Waals surface area (Å²) in [5.74, 6) is 1.42. The maximum atomic E-state index is 12.2. The number of hydrogen-bond acceptors (Lipinski definition) is 6. The van der Waals surface area contributed by atoms with Crippen LogP contribution in [0.4, 0.5) is 5.69 Å². The monoisotopic (exact) mass is 413 g/mol. The molecule has 0 unspecified atom stereocenters. The van der Waals surface area contributed by atoms with Crippen LogP contribution in [-0.2, 0) is 17.6 Å². The zero-order valence-electron chi connectivity index (χ0n) is 16.2. The number of anilines is 1. The van der Waals surface area contributed by atoms with Crippen LogP contribution >= 0.6 is 23.1 Å². The summed E-state index contributed by atoms with van der Waals surface area (Å²) in [4.78, 5) is 14.7. The fourth-order valence-electron chi connectivity index (χ4n) is 3.45. The second-order valence-corrected chi connectivity index (χ2v) is 9.50. The van der Waals surface area contributed by atoms with E-state index in [1.54, 1.807) is 11.3 Å². The van der Waals surface area contributed by atoms with Crippen molar-refractivity contribution in [1.82, 2.24) is 10.2 Å². The number of benzene rings is 1. The van der Waals surface area contributed by atoms with Crippen LogP contribution < -0.4 is 5.32 Å². The first-order chi connectivity index (χ1) is 13.5. The molecule has 2 heterocycles. The minimum atomic E-state index is -0.0859. The van der Waals surface area contributed by atoms with Crippen LogP contribution in [0.5, 0.6) is 0 Å². The number of thiophene rings is 1. The molecule has 1 aromatic carbocycles. The Balaban J connectivity index is 1.37. The fourth-order valence-corrected chi connectivity index (χ4v) is 5.14. The van der Waals surface area contributed by atoms with Gasteiger partial charge in [-0.05, 0) is 62.3 Å². The third kappa shape index (κ3) is 4.31. The molecule has 7 heteroatoms. The van der Waals surface area contributed by atoms with Gasteiger partial charge in [-0.3, -0.25) is 4.79 Å². The van der Waals surface area contributed by atoms with E-state index < -0.39 is 0 Å². The minimum absolute atomic E-state index is 0.0859. The van der Waals surface area contributed by atoms with Crippen molar-refractivity contribution in [2.75, 3.05) is 11.1 Å². The maximum Gasteiger partial charge on any atom is 0.277 e. The lowest BCUT2D eigenvalue weighted by Gasteiger charge is -2.16. The molecular formula is C21H23N3O2S2. The Morgan fingerprint density at radius 2 is 2.18 bits per heavy atom. The molecule has 28 heavy (non-hydrogen) atoms. The number of fused-ring (bicyclic) bond motifs is 1. The molecule has 0 fully saturated rings. The largest absolute Gasteiger partial charge is 0.410 e. The zero-order chi connectivity index (χ0) is 19.7. The Kier molecular flexibility index (Phi) is 5.55. The lowest BCUT2D eigenvalue weighted by atomic mass is 9.90. The number of carbonyl (C=O) groups excluding carboxylic acids is 1. The summed E-state index contributed by atoms with van der Waals surface area (Å²) in [6, 6.07) is 8.15. The van der Waals surface area contributed by atoms with Crippen LogP contribution in [0.1, 0.15) is 34.9 Å². The van der Waals surface area contributed by atoms with E-state index in [1.807, 2.05) is 26.0 Å². The Bertz CT molecular complexity index is 1010. The van der Waals surface area contributed by atoms with E-state index >= 15 is 0 Å². The third-order valence-electron chi connectivity index (χ3n) is 4.93. The number of nitrogens with zero attached hydrogens (tertiary/aromatic N) is 2. The molecule has 0 bridgehead atoms. The molecular weight excluding hydrogens is 390 g/mol. The molecule has 1 amide bonds. The highest BCUT2D eigenvalue weighted by Gasteiger charge is 2.21. The first-order valence-corrected chi connectivity index (χ1v) is 11.2. The second-order valence-electron chi connectivity index (χ2n) is 7.44. The van der Waals surface area contributed by atoms with Crippen molar-refractivity contribution in [3.05, 3.63) is 45.8 Å². The molecule has 1 N–H and O–H groups in total. The first kappa shape index (κ1) is 19.2. The summed E-state index contributed by atoms with van der Waals surface area (Å²) in [5, 5.41) is 11.6. The Morgan fingerprint density at radius 3 is 3.00 bits per heavy atom. The molecule has 1 aliphatic carbocycles. The highest BCUT2D eigenvalue weighted by atomic mass is 32.2. The van der Waals surface area contributed by atoms with Gasteiger partial charge in [0.2, 0.25) is 5.91 Å². The molecule has 0 saturated carbocycles. The number of thioether (sulfide) groups is 1. The summed E-state index contributed by atoms with van der Waals surface area (Å²) in [6.07, 6.45) is 3.50. The number of rotatable bonds is 5. The second kappa shape index (κ2) is 8.09. The van der Waals surface area contributed by atoms with E-state index in [4.69, 9.17) is 4.42 Å². The van der Waals surface area contributed by atoms with Crippen molar-refractivity contribution in [2.45, 2.75) is 45.3 Å². The zero-order valence-corrected chi connectivity index (χ0v) is 17.9. The van der Waals surface area contributed by atoms with Crippen LogP contribution in [0.2, 0.25) is 0 Å². The average molecular weight is 414 g/mol. The van der Waals surface area contributed by atoms with Gasteiger partial charge in [0.15, 0.2) is 0 Å². The number of nitrogens with one attached hydrogen (secondary N) is 1. The van der Waals surface area contributed by atoms with E-state index in [0.717, 1.165) is 34.9 Å². The highest BCUT2D eigenvalue weighted by Crippen LogP contribution is 2.37. The summed E-state index contributed by atoms with van der Waals surface area (Å²) in [6.45, 7) is 6.32. The van der Waals surface area contributed by atoms with E-state index in [0.29, 0.717) is 11.1 Å². The predicted octanol–water partition coefficient (Wildman–Crippen LogP) is 5.27. The van der Waals surface area contributed by atoms with Crippen molar-refractivity contribution >= 4 is 34.7 Å². The molecule has 5 nitrogen and oxygen atoms in total. The highest BCUT2D eigenvalue weighted by molar-refractivity contribution is 7.99. The van der Waals surface area contributed by atoms with Gasteiger partial charge in [0.05, 0.1) is 10.6 Å². The summed E-state index contributed by atoms with van der Waals surface area (Å²) in [5.41, 5.74) is 4.47. The predicted molar refractivity (Wildman–Crippen MR) is 114 cm³/mol. The Hall–Kier alpha value is -2.12. The SMILES string of the molecule is Cc1ccc(NC(=O)CSc2nnc(-c3cc4c(s3)CC[C@@H](C)C4)o2)c(C)c1. The van der Waals surface area contributed by atoms with E-state index in [9.17, 15) is 4.79 Å². The van der Waals surface area contributed by atoms with Crippen LogP contribution in [-0.4, -0.2) is 21.9 Å². The maximum absolute atomic E-state index is 12.2. The Morgan fingerprint density at radius 1 is 1.32 bits per heavy atom. The number of aryl methyl sites for hydroxylation is 3. The molecule has 2 aromatic heterocycles. The molecule has 1 aliphatic rings. The van der Waals surface area contributed by atoms with Gasteiger partial charge >= 0.3 is 0 Å². The van der Waals surface area contributed by atoms with Crippen molar-refractivity contribution < 1.29 is 9.21 Å². The van der Waals surface area contributed by atoms with Gasteiger partial charge in [-0.15, -0.1) is 21.5 Å². The van der Waals surface area contributed by atoms with Gasteiger partial charge in [0.25, 0.3) is 11.1 Å². The van der Waals surface area contributed by atoms with Gasteiger partial charge < -0.3 is 9.73 Å².